The molecular weight excluding hydrogens is 520 g/mol. The Morgan fingerprint density at radius 3 is 2.47 bits per heavy atom. The van der Waals surface area contributed by atoms with Gasteiger partial charge >= 0.3 is 0 Å². The van der Waals surface area contributed by atoms with Gasteiger partial charge in [-0.25, -0.2) is 0 Å². The number of hydrogen-bond donors (Lipinski definition) is 1. The van der Waals surface area contributed by atoms with Crippen molar-refractivity contribution in [3.63, 3.8) is 0 Å². The highest BCUT2D eigenvalue weighted by Crippen LogP contribution is 2.49. The third-order valence-electron chi connectivity index (χ3n) is 9.66. The second-order valence-electron chi connectivity index (χ2n) is 13.1. The third-order valence-corrected chi connectivity index (χ3v) is 9.66. The maximum absolute atomic E-state index is 5.32. The fourth-order valence-electron chi connectivity index (χ4n) is 7.22. The number of fused-ring (bicyclic) bond motifs is 5. The topological polar surface area (TPSA) is 24.4 Å². The van der Waals surface area contributed by atoms with Crippen LogP contribution in [0.1, 0.15) is 71.4 Å². The van der Waals surface area contributed by atoms with Crippen LogP contribution in [0.25, 0.3) is 33.7 Å². The van der Waals surface area contributed by atoms with E-state index in [-0.39, 0.29) is 11.6 Å². The molecule has 0 spiro atoms. The lowest BCUT2D eigenvalue weighted by atomic mass is 9.82. The van der Waals surface area contributed by atoms with E-state index in [2.05, 4.69) is 148 Å². The van der Waals surface area contributed by atoms with Gasteiger partial charge in [-0.05, 0) is 98.8 Å². The second-order valence-corrected chi connectivity index (χ2v) is 13.1. The molecule has 1 N–H and O–H groups in total. The number of aliphatic imine (C=N–C) groups is 1. The van der Waals surface area contributed by atoms with Gasteiger partial charge in [0.15, 0.2) is 0 Å². The maximum Gasteiger partial charge on any atom is 0.145 e. The summed E-state index contributed by atoms with van der Waals surface area (Å²) in [6.07, 6.45) is 7.75. The van der Waals surface area contributed by atoms with Crippen LogP contribution in [-0.4, -0.2) is 5.71 Å². The van der Waals surface area contributed by atoms with E-state index >= 15 is 0 Å². The van der Waals surface area contributed by atoms with Crippen LogP contribution < -0.4 is 5.32 Å². The van der Waals surface area contributed by atoms with E-state index in [0.29, 0.717) is 5.92 Å². The van der Waals surface area contributed by atoms with Crippen LogP contribution in [0.3, 0.4) is 0 Å². The van der Waals surface area contributed by atoms with E-state index < -0.39 is 0 Å². The summed E-state index contributed by atoms with van der Waals surface area (Å²) in [6.45, 7) is 9.12. The third kappa shape index (κ3) is 4.36. The Bertz CT molecular complexity index is 2040. The van der Waals surface area contributed by atoms with Crippen molar-refractivity contribution in [2.24, 2.45) is 10.9 Å². The van der Waals surface area contributed by atoms with Crippen LogP contribution in [0.5, 0.6) is 0 Å². The van der Waals surface area contributed by atoms with Gasteiger partial charge in [-0.3, -0.25) is 4.99 Å². The zero-order chi connectivity index (χ0) is 29.3. The van der Waals surface area contributed by atoms with Crippen LogP contribution in [0.2, 0.25) is 0 Å². The molecule has 0 radical (unpaired) electrons. The van der Waals surface area contributed by atoms with Crippen molar-refractivity contribution in [1.29, 1.82) is 0 Å². The molecular formula is C41H36N2. The molecule has 8 rings (SSSR count). The summed E-state index contributed by atoms with van der Waals surface area (Å²) in [7, 11) is 0. The normalized spacial score (nSPS) is 19.6. The monoisotopic (exact) mass is 556 g/mol. The van der Waals surface area contributed by atoms with Gasteiger partial charge in [-0.2, -0.15) is 0 Å². The minimum absolute atomic E-state index is 0.0497. The Morgan fingerprint density at radius 1 is 0.767 bits per heavy atom. The van der Waals surface area contributed by atoms with Gasteiger partial charge in [0.25, 0.3) is 0 Å². The molecule has 210 valence electrons. The van der Waals surface area contributed by atoms with Crippen molar-refractivity contribution >= 4 is 28.3 Å². The fourth-order valence-corrected chi connectivity index (χ4v) is 7.22. The molecule has 0 fully saturated rings. The Kier molecular flexibility index (Phi) is 5.84. The zero-order valence-electron chi connectivity index (χ0n) is 25.3. The first-order chi connectivity index (χ1) is 20.8. The average molecular weight is 557 g/mol. The number of aryl methyl sites for hydroxylation is 1. The predicted octanol–water partition coefficient (Wildman–Crippen LogP) is 9.79. The number of rotatable bonds is 3. The molecule has 2 aliphatic carbocycles. The molecule has 0 aromatic heterocycles. The number of nitrogens with one attached hydrogen (secondary N) is 1. The first-order valence-electron chi connectivity index (χ1n) is 15.5. The first-order valence-corrected chi connectivity index (χ1v) is 15.5. The van der Waals surface area contributed by atoms with Gasteiger partial charge in [-0.1, -0.05) is 117 Å². The molecule has 43 heavy (non-hydrogen) atoms. The fraction of sp³-hybridized carbons (Fsp3) is 0.195. The highest BCUT2D eigenvalue weighted by atomic mass is 15.1. The maximum atomic E-state index is 5.32. The van der Waals surface area contributed by atoms with Gasteiger partial charge in [0.2, 0.25) is 0 Å². The molecule has 1 heterocycles. The van der Waals surface area contributed by atoms with E-state index in [1.807, 2.05) is 0 Å². The molecule has 0 bridgehead atoms. The number of benzene rings is 5. The van der Waals surface area contributed by atoms with Gasteiger partial charge in [0.1, 0.15) is 6.17 Å². The summed E-state index contributed by atoms with van der Waals surface area (Å²) in [4.78, 5) is 5.32. The molecule has 2 atom stereocenters. The minimum Gasteiger partial charge on any atom is -0.360 e. The lowest BCUT2D eigenvalue weighted by molar-refractivity contribution is 0.656. The summed E-state index contributed by atoms with van der Waals surface area (Å²) in [6, 6.07) is 36.1. The summed E-state index contributed by atoms with van der Waals surface area (Å²) < 4.78 is 0. The van der Waals surface area contributed by atoms with Gasteiger partial charge < -0.3 is 5.32 Å². The standard InChI is InChI=1S/C41H36N2/c1-25-9-11-29-21-31(15-13-27(29)19-25)38-24-39(43-40(42-38)33-16-14-28-20-26(2)10-12-30(28)22-33)32-17-18-35-34-7-5-6-8-36(34)41(3,4)37(35)23-32/h5-18,20-25,40,43H,19H2,1-4H3. The molecule has 0 saturated heterocycles. The first kappa shape index (κ1) is 26.0. The number of allylic oxidation sites excluding steroid dienone is 2. The molecule has 2 heteroatoms. The van der Waals surface area contributed by atoms with Gasteiger partial charge in [-0.15, -0.1) is 0 Å². The van der Waals surface area contributed by atoms with E-state index in [4.69, 9.17) is 4.99 Å². The number of hydrogen-bond acceptors (Lipinski definition) is 2. The van der Waals surface area contributed by atoms with Crippen molar-refractivity contribution < 1.29 is 0 Å². The van der Waals surface area contributed by atoms with E-state index in [0.717, 1.165) is 23.4 Å². The van der Waals surface area contributed by atoms with E-state index in [1.165, 1.54) is 60.8 Å². The molecule has 0 amide bonds. The smallest absolute Gasteiger partial charge is 0.145 e. The van der Waals surface area contributed by atoms with Crippen LogP contribution in [0.4, 0.5) is 0 Å². The van der Waals surface area contributed by atoms with Crippen molar-refractivity contribution in [1.82, 2.24) is 5.32 Å². The van der Waals surface area contributed by atoms with Crippen LogP contribution in [0.15, 0.2) is 114 Å². The molecule has 0 saturated carbocycles. The quantitative estimate of drug-likeness (QED) is 0.235. The van der Waals surface area contributed by atoms with Crippen LogP contribution in [-0.2, 0) is 11.8 Å². The molecule has 3 aliphatic rings. The highest BCUT2D eigenvalue weighted by Gasteiger charge is 2.35. The molecule has 1 aliphatic heterocycles. The molecule has 5 aromatic rings. The lowest BCUT2D eigenvalue weighted by Gasteiger charge is -2.27. The predicted molar refractivity (Wildman–Crippen MR) is 181 cm³/mol. The largest absolute Gasteiger partial charge is 0.360 e. The van der Waals surface area contributed by atoms with Crippen LogP contribution >= 0.6 is 0 Å². The van der Waals surface area contributed by atoms with Crippen molar-refractivity contribution in [2.45, 2.75) is 45.7 Å². The summed E-state index contributed by atoms with van der Waals surface area (Å²) >= 11 is 0. The van der Waals surface area contributed by atoms with Crippen LogP contribution in [0, 0.1) is 12.8 Å². The summed E-state index contributed by atoms with van der Waals surface area (Å²) in [5, 5.41) is 6.33. The lowest BCUT2D eigenvalue weighted by Crippen LogP contribution is -2.25. The number of nitrogens with zero attached hydrogens (tertiary/aromatic N) is 1. The Morgan fingerprint density at radius 2 is 1.56 bits per heavy atom. The minimum atomic E-state index is -0.189. The Labute approximate surface area is 254 Å². The van der Waals surface area contributed by atoms with Crippen molar-refractivity contribution in [3.05, 3.63) is 154 Å². The van der Waals surface area contributed by atoms with Gasteiger partial charge in [0.05, 0.1) is 5.71 Å². The van der Waals surface area contributed by atoms with Gasteiger partial charge in [0, 0.05) is 16.7 Å². The highest BCUT2D eigenvalue weighted by molar-refractivity contribution is 6.13. The van der Waals surface area contributed by atoms with Crippen molar-refractivity contribution in [2.75, 3.05) is 0 Å². The molecule has 2 nitrogen and oxygen atoms in total. The average Bonchev–Trinajstić information content (AvgIpc) is 3.26. The van der Waals surface area contributed by atoms with Crippen molar-refractivity contribution in [3.8, 4) is 11.1 Å². The van der Waals surface area contributed by atoms with E-state index in [9.17, 15) is 0 Å². The Balaban J connectivity index is 1.24. The van der Waals surface area contributed by atoms with E-state index in [1.54, 1.807) is 0 Å². The SMILES string of the molecule is Cc1ccc2cc(C3N=C(c4ccc5c(c4)C=CC(C)C5)C=C(c4ccc5c(c4)C(C)(C)c4ccccc4-5)N3)ccc2c1. The molecule has 2 unspecified atom stereocenters. The molecule has 5 aromatic carbocycles. The summed E-state index contributed by atoms with van der Waals surface area (Å²) in [5.74, 6) is 0.581. The zero-order valence-corrected chi connectivity index (χ0v) is 25.3. The summed E-state index contributed by atoms with van der Waals surface area (Å²) in [5.41, 5.74) is 15.1. The second kappa shape index (κ2) is 9.67. The Hall–Kier alpha value is -4.69.